The fraction of sp³-hybridized carbons (Fsp3) is 0.136. The molecule has 0 aliphatic carbocycles. The minimum atomic E-state index is -0.418. The predicted octanol–water partition coefficient (Wildman–Crippen LogP) is 3.86. The Bertz CT molecular complexity index is 1100. The van der Waals surface area contributed by atoms with E-state index in [-0.39, 0.29) is 6.61 Å². The van der Waals surface area contributed by atoms with Crippen molar-refractivity contribution in [1.82, 2.24) is 4.57 Å². The third-order valence-electron chi connectivity index (χ3n) is 4.46. The quantitative estimate of drug-likeness (QED) is 0.738. The van der Waals surface area contributed by atoms with E-state index in [1.165, 1.54) is 0 Å². The van der Waals surface area contributed by atoms with Crippen molar-refractivity contribution in [1.29, 1.82) is 10.5 Å². The molecule has 0 bridgehead atoms. The van der Waals surface area contributed by atoms with Crippen LogP contribution in [0.5, 0.6) is 5.75 Å². The van der Waals surface area contributed by atoms with Gasteiger partial charge in [0.05, 0.1) is 11.1 Å². The molecule has 1 heterocycles. The minimum absolute atomic E-state index is 0.276. The molecule has 6 heteroatoms. The van der Waals surface area contributed by atoms with Gasteiger partial charge in [-0.15, -0.1) is 0 Å². The van der Waals surface area contributed by atoms with Gasteiger partial charge in [-0.3, -0.25) is 9.36 Å². The van der Waals surface area contributed by atoms with E-state index in [9.17, 15) is 10.1 Å². The van der Waals surface area contributed by atoms with Crippen LogP contribution in [0, 0.1) is 36.5 Å². The van der Waals surface area contributed by atoms with Crippen LogP contribution in [0.3, 0.4) is 0 Å². The number of amides is 1. The number of benzene rings is 2. The first-order chi connectivity index (χ1) is 13.6. The number of para-hydroxylation sites is 2. The zero-order chi connectivity index (χ0) is 20.1. The Kier molecular flexibility index (Phi) is 5.43. The smallest absolute Gasteiger partial charge is 0.263 e. The van der Waals surface area contributed by atoms with Gasteiger partial charge in [-0.1, -0.05) is 30.3 Å². The van der Waals surface area contributed by atoms with Crippen LogP contribution in [0.2, 0.25) is 0 Å². The van der Waals surface area contributed by atoms with Crippen LogP contribution in [-0.4, -0.2) is 17.1 Å². The molecule has 0 radical (unpaired) electrons. The molecular weight excluding hydrogens is 352 g/mol. The van der Waals surface area contributed by atoms with Gasteiger partial charge in [0.1, 0.15) is 23.7 Å². The molecule has 2 aromatic carbocycles. The molecule has 0 unspecified atom stereocenters. The number of aromatic nitrogens is 1. The first kappa shape index (κ1) is 18.8. The lowest BCUT2D eigenvalue weighted by Crippen LogP contribution is -2.22. The van der Waals surface area contributed by atoms with E-state index in [0.717, 1.165) is 16.9 Å². The van der Waals surface area contributed by atoms with Crippen molar-refractivity contribution in [3.05, 3.63) is 77.0 Å². The molecule has 28 heavy (non-hydrogen) atoms. The maximum absolute atomic E-state index is 12.5. The lowest BCUT2D eigenvalue weighted by atomic mass is 10.2. The highest BCUT2D eigenvalue weighted by Crippen LogP contribution is 2.29. The fourth-order valence-electron chi connectivity index (χ4n) is 2.96. The van der Waals surface area contributed by atoms with Crippen LogP contribution >= 0.6 is 0 Å². The highest BCUT2D eigenvalue weighted by molar-refractivity contribution is 5.93. The second kappa shape index (κ2) is 8.11. The average molecular weight is 370 g/mol. The molecule has 0 atom stereocenters. The largest absolute Gasteiger partial charge is 0.482 e. The lowest BCUT2D eigenvalue weighted by molar-refractivity contribution is -0.118. The SMILES string of the molecule is Cc1c(C#N)c(NC(=O)COc2ccccc2C#N)n(-c2ccccc2)c1C. The van der Waals surface area contributed by atoms with Crippen LogP contribution in [0.15, 0.2) is 54.6 Å². The summed E-state index contributed by atoms with van der Waals surface area (Å²) in [4.78, 5) is 12.5. The van der Waals surface area contributed by atoms with Gasteiger partial charge in [-0.05, 0) is 43.7 Å². The Morgan fingerprint density at radius 1 is 1.04 bits per heavy atom. The molecule has 138 valence electrons. The zero-order valence-electron chi connectivity index (χ0n) is 15.6. The Hall–Kier alpha value is -4.03. The van der Waals surface area contributed by atoms with E-state index in [1.807, 2.05) is 54.8 Å². The topological polar surface area (TPSA) is 90.8 Å². The second-order valence-electron chi connectivity index (χ2n) is 6.16. The average Bonchev–Trinajstić information content (AvgIpc) is 2.96. The summed E-state index contributed by atoms with van der Waals surface area (Å²) in [7, 11) is 0. The zero-order valence-corrected chi connectivity index (χ0v) is 15.6. The van der Waals surface area contributed by atoms with Crippen molar-refractivity contribution in [2.45, 2.75) is 13.8 Å². The van der Waals surface area contributed by atoms with Crippen LogP contribution in [0.4, 0.5) is 5.82 Å². The first-order valence-corrected chi connectivity index (χ1v) is 8.66. The van der Waals surface area contributed by atoms with Gasteiger partial charge in [0, 0.05) is 11.4 Å². The van der Waals surface area contributed by atoms with Crippen LogP contribution in [-0.2, 0) is 4.79 Å². The van der Waals surface area contributed by atoms with Crippen molar-refractivity contribution in [2.75, 3.05) is 11.9 Å². The van der Waals surface area contributed by atoms with Crippen LogP contribution in [0.25, 0.3) is 5.69 Å². The van der Waals surface area contributed by atoms with E-state index < -0.39 is 5.91 Å². The van der Waals surface area contributed by atoms with Gasteiger partial charge >= 0.3 is 0 Å². The summed E-state index contributed by atoms with van der Waals surface area (Å²) >= 11 is 0. The number of nitriles is 2. The Morgan fingerprint density at radius 3 is 2.39 bits per heavy atom. The maximum Gasteiger partial charge on any atom is 0.263 e. The standard InChI is InChI=1S/C22H18N4O2/c1-15-16(2)26(18-9-4-3-5-10-18)22(19(15)13-24)25-21(27)14-28-20-11-7-6-8-17(20)12-23/h3-11H,14H2,1-2H3,(H,25,27). The molecule has 0 saturated carbocycles. The third kappa shape index (κ3) is 3.58. The van der Waals surface area contributed by atoms with Gasteiger partial charge < -0.3 is 10.1 Å². The van der Waals surface area contributed by atoms with Gasteiger partial charge in [0.2, 0.25) is 0 Å². The summed E-state index contributed by atoms with van der Waals surface area (Å²) < 4.78 is 7.33. The van der Waals surface area contributed by atoms with Gasteiger partial charge in [0.25, 0.3) is 5.91 Å². The van der Waals surface area contributed by atoms with Crippen molar-refractivity contribution >= 4 is 11.7 Å². The number of anilines is 1. The van der Waals surface area contributed by atoms with E-state index in [1.54, 1.807) is 24.3 Å². The number of nitrogens with zero attached hydrogens (tertiary/aromatic N) is 3. The molecule has 3 rings (SSSR count). The highest BCUT2D eigenvalue weighted by atomic mass is 16.5. The van der Waals surface area contributed by atoms with Gasteiger partial charge in [-0.25, -0.2) is 0 Å². The Balaban J connectivity index is 1.88. The van der Waals surface area contributed by atoms with Crippen molar-refractivity contribution in [3.8, 4) is 23.6 Å². The molecule has 1 amide bonds. The van der Waals surface area contributed by atoms with E-state index >= 15 is 0 Å². The second-order valence-corrected chi connectivity index (χ2v) is 6.16. The van der Waals surface area contributed by atoms with Gasteiger partial charge in [-0.2, -0.15) is 10.5 Å². The predicted molar refractivity (Wildman–Crippen MR) is 105 cm³/mol. The maximum atomic E-state index is 12.5. The Morgan fingerprint density at radius 2 is 1.71 bits per heavy atom. The molecule has 1 N–H and O–H groups in total. The summed E-state index contributed by atoms with van der Waals surface area (Å²) in [5, 5.41) is 21.5. The van der Waals surface area contributed by atoms with Crippen LogP contribution in [0.1, 0.15) is 22.4 Å². The molecule has 0 saturated heterocycles. The van der Waals surface area contributed by atoms with Crippen molar-refractivity contribution < 1.29 is 9.53 Å². The number of hydrogen-bond acceptors (Lipinski definition) is 4. The molecule has 0 aliphatic heterocycles. The Labute approximate surface area is 163 Å². The van der Waals surface area contributed by atoms with E-state index in [0.29, 0.717) is 22.7 Å². The molecule has 0 spiro atoms. The number of rotatable bonds is 5. The minimum Gasteiger partial charge on any atom is -0.482 e. The summed E-state index contributed by atoms with van der Waals surface area (Å²) in [6.45, 7) is 3.47. The van der Waals surface area contributed by atoms with Crippen molar-refractivity contribution in [3.63, 3.8) is 0 Å². The molecule has 0 fully saturated rings. The van der Waals surface area contributed by atoms with Crippen LogP contribution < -0.4 is 10.1 Å². The lowest BCUT2D eigenvalue weighted by Gasteiger charge is -2.13. The monoisotopic (exact) mass is 370 g/mol. The molecular formula is C22H18N4O2. The molecule has 3 aromatic rings. The number of carbonyl (C=O) groups is 1. The highest BCUT2D eigenvalue weighted by Gasteiger charge is 2.20. The molecule has 6 nitrogen and oxygen atoms in total. The summed E-state index contributed by atoms with van der Waals surface area (Å²) in [6, 6.07) is 20.4. The summed E-state index contributed by atoms with van der Waals surface area (Å²) in [5.74, 6) is 0.330. The number of nitrogens with one attached hydrogen (secondary N) is 1. The summed E-state index contributed by atoms with van der Waals surface area (Å²) in [6.07, 6.45) is 0. The molecule has 1 aromatic heterocycles. The van der Waals surface area contributed by atoms with Gasteiger partial charge in [0.15, 0.2) is 6.61 Å². The normalized spacial score (nSPS) is 10.0. The third-order valence-corrected chi connectivity index (χ3v) is 4.46. The number of carbonyl (C=O) groups excluding carboxylic acids is 1. The fourth-order valence-corrected chi connectivity index (χ4v) is 2.96. The number of ether oxygens (including phenoxy) is 1. The number of hydrogen-bond donors (Lipinski definition) is 1. The molecule has 0 aliphatic rings. The van der Waals surface area contributed by atoms with Crippen molar-refractivity contribution in [2.24, 2.45) is 0 Å². The summed E-state index contributed by atoms with van der Waals surface area (Å²) in [5.41, 5.74) is 3.28. The first-order valence-electron chi connectivity index (χ1n) is 8.66. The van der Waals surface area contributed by atoms with E-state index in [4.69, 9.17) is 10.00 Å². The van der Waals surface area contributed by atoms with E-state index in [2.05, 4.69) is 11.4 Å².